The highest BCUT2D eigenvalue weighted by molar-refractivity contribution is 5.77. The molecule has 2 aliphatic heterocycles. The van der Waals surface area contributed by atoms with Gasteiger partial charge in [-0.2, -0.15) is 0 Å². The van der Waals surface area contributed by atoms with Crippen LogP contribution in [0.5, 0.6) is 0 Å². The Hall–Kier alpha value is -0.680. The average molecular weight is 299 g/mol. The fourth-order valence-electron chi connectivity index (χ4n) is 4.59. The molecular weight excluding hydrogens is 273 g/mol. The Morgan fingerprint density at radius 3 is 2.86 bits per heavy atom. The second-order valence-electron chi connectivity index (χ2n) is 7.77. The summed E-state index contributed by atoms with van der Waals surface area (Å²) in [6.07, 6.45) is 1.65. The first kappa shape index (κ1) is 15.2. The van der Waals surface area contributed by atoms with Gasteiger partial charge in [0.25, 0.3) is 0 Å². The fourth-order valence-corrected chi connectivity index (χ4v) is 4.59. The highest BCUT2D eigenvalue weighted by Crippen LogP contribution is 2.53. The third-order valence-corrected chi connectivity index (χ3v) is 6.07. The quantitative estimate of drug-likeness (QED) is 0.753. The van der Waals surface area contributed by atoms with Gasteiger partial charge < -0.3 is 14.8 Å². The third-order valence-electron chi connectivity index (χ3n) is 6.07. The van der Waals surface area contributed by atoms with Crippen LogP contribution >= 0.6 is 0 Å². The molecule has 0 aromatic rings. The van der Waals surface area contributed by atoms with Gasteiger partial charge in [-0.1, -0.05) is 13.8 Å². The van der Waals surface area contributed by atoms with Gasteiger partial charge in [0.15, 0.2) is 0 Å². The highest BCUT2D eigenvalue weighted by Gasteiger charge is 2.58. The largest absolute Gasteiger partial charge is 0.469 e. The van der Waals surface area contributed by atoms with Crippen LogP contribution in [0.2, 0.25) is 0 Å². The summed E-state index contributed by atoms with van der Waals surface area (Å²) in [5.41, 5.74) is -2.20. The van der Waals surface area contributed by atoms with E-state index in [0.29, 0.717) is 32.4 Å². The van der Waals surface area contributed by atoms with Crippen LogP contribution < -0.4 is 5.32 Å². The van der Waals surface area contributed by atoms with Crippen LogP contribution in [0.1, 0.15) is 39.5 Å². The van der Waals surface area contributed by atoms with Gasteiger partial charge in [-0.25, -0.2) is 4.39 Å². The first-order valence-electron chi connectivity index (χ1n) is 7.91. The van der Waals surface area contributed by atoms with Gasteiger partial charge in [-0.15, -0.1) is 0 Å². The van der Waals surface area contributed by atoms with Crippen LogP contribution in [0.15, 0.2) is 0 Å². The molecule has 1 saturated carbocycles. The van der Waals surface area contributed by atoms with E-state index in [1.807, 2.05) is 0 Å². The predicted molar refractivity (Wildman–Crippen MR) is 76.6 cm³/mol. The summed E-state index contributed by atoms with van der Waals surface area (Å²) in [5.74, 6) is 0.0236. The lowest BCUT2D eigenvalue weighted by molar-refractivity contribution is -0.183. The monoisotopic (exact) mass is 299 g/mol. The van der Waals surface area contributed by atoms with Gasteiger partial charge in [0, 0.05) is 19.4 Å². The maximum Gasteiger partial charge on any atom is 0.313 e. The molecule has 2 heterocycles. The molecule has 0 radical (unpaired) electrons. The summed E-state index contributed by atoms with van der Waals surface area (Å²) < 4.78 is 26.3. The smallest absolute Gasteiger partial charge is 0.313 e. The predicted octanol–water partition coefficient (Wildman–Crippen LogP) is 2.07. The lowest BCUT2D eigenvalue weighted by atomic mass is 9.57. The van der Waals surface area contributed by atoms with E-state index < -0.39 is 11.1 Å². The molecule has 5 heteroatoms. The summed E-state index contributed by atoms with van der Waals surface area (Å²) in [7, 11) is 1.41. The zero-order valence-electron chi connectivity index (χ0n) is 13.2. The zero-order valence-corrected chi connectivity index (χ0v) is 13.2. The van der Waals surface area contributed by atoms with Crippen molar-refractivity contribution >= 4 is 5.97 Å². The molecule has 21 heavy (non-hydrogen) atoms. The summed E-state index contributed by atoms with van der Waals surface area (Å²) >= 11 is 0. The number of nitrogens with one attached hydrogen (secondary N) is 1. The van der Waals surface area contributed by atoms with Crippen molar-refractivity contribution in [2.24, 2.45) is 16.7 Å². The summed E-state index contributed by atoms with van der Waals surface area (Å²) in [6, 6.07) is 0. The van der Waals surface area contributed by atoms with Gasteiger partial charge >= 0.3 is 5.97 Å². The number of carbonyl (C=O) groups excluding carboxylic acids is 1. The summed E-state index contributed by atoms with van der Waals surface area (Å²) in [4.78, 5) is 12.4. The Labute approximate surface area is 125 Å². The van der Waals surface area contributed by atoms with Crippen molar-refractivity contribution in [1.29, 1.82) is 0 Å². The van der Waals surface area contributed by atoms with E-state index in [1.165, 1.54) is 7.11 Å². The van der Waals surface area contributed by atoms with Gasteiger partial charge in [0.05, 0.1) is 25.2 Å². The Morgan fingerprint density at radius 1 is 1.38 bits per heavy atom. The summed E-state index contributed by atoms with van der Waals surface area (Å²) in [6.45, 7) is 6.11. The van der Waals surface area contributed by atoms with E-state index in [1.54, 1.807) is 0 Å². The first-order chi connectivity index (χ1) is 9.81. The number of fused-ring (bicyclic) bond motifs is 4. The number of esters is 1. The second-order valence-corrected chi connectivity index (χ2v) is 7.77. The van der Waals surface area contributed by atoms with Crippen LogP contribution in [0, 0.1) is 16.7 Å². The van der Waals surface area contributed by atoms with Crippen molar-refractivity contribution in [2.45, 2.75) is 51.3 Å². The van der Waals surface area contributed by atoms with E-state index in [4.69, 9.17) is 9.47 Å². The fraction of sp³-hybridized carbons (Fsp3) is 0.938. The van der Waals surface area contributed by atoms with Crippen molar-refractivity contribution in [1.82, 2.24) is 5.32 Å². The third kappa shape index (κ3) is 2.38. The Morgan fingerprint density at radius 2 is 2.14 bits per heavy atom. The molecule has 4 atom stereocenters. The van der Waals surface area contributed by atoms with E-state index >= 15 is 4.39 Å². The summed E-state index contributed by atoms with van der Waals surface area (Å²) in [5, 5.41) is 3.35. The maximum atomic E-state index is 15.4. The standard InChI is InChI=1S/C16H26FNO3/c1-14(2)11-6-15(10-18-8-11,13(19)20-3)9-16(17)4-5-21-12(14)7-16/h11-12,18H,4-10H2,1-3H3/t11-,12?,15+,16?/m1/s1. The number of piperidine rings is 1. The number of halogens is 1. The van der Waals surface area contributed by atoms with Gasteiger partial charge in [0.1, 0.15) is 5.67 Å². The molecular formula is C16H26FNO3. The number of hydrogen-bond acceptors (Lipinski definition) is 4. The van der Waals surface area contributed by atoms with Crippen molar-refractivity contribution in [2.75, 3.05) is 26.8 Å². The van der Waals surface area contributed by atoms with E-state index in [-0.39, 0.29) is 29.8 Å². The van der Waals surface area contributed by atoms with E-state index in [0.717, 1.165) is 6.54 Å². The lowest BCUT2D eigenvalue weighted by Gasteiger charge is -2.55. The molecule has 2 saturated heterocycles. The molecule has 0 spiro atoms. The van der Waals surface area contributed by atoms with E-state index in [9.17, 15) is 4.79 Å². The first-order valence-corrected chi connectivity index (χ1v) is 7.91. The Kier molecular flexibility index (Phi) is 3.56. The Bertz CT molecular complexity index is 441. The van der Waals surface area contributed by atoms with Crippen molar-refractivity contribution in [3.63, 3.8) is 0 Å². The molecule has 3 aliphatic rings. The molecule has 4 bridgehead atoms. The van der Waals surface area contributed by atoms with Crippen LogP contribution in [0.25, 0.3) is 0 Å². The molecule has 0 aromatic heterocycles. The Balaban J connectivity index is 2.02. The van der Waals surface area contributed by atoms with Crippen molar-refractivity contribution in [3.8, 4) is 0 Å². The maximum absolute atomic E-state index is 15.4. The van der Waals surface area contributed by atoms with Crippen LogP contribution in [-0.4, -0.2) is 44.5 Å². The number of rotatable bonds is 1. The number of carbonyl (C=O) groups is 1. The van der Waals surface area contributed by atoms with Crippen molar-refractivity contribution < 1.29 is 18.7 Å². The molecule has 0 aromatic carbocycles. The molecule has 1 N–H and O–H groups in total. The SMILES string of the molecule is COC(=O)[C@@]12CNC[C@@H](C1)C(C)(C)C1CC(F)(CCO1)C2. The minimum atomic E-state index is -1.32. The van der Waals surface area contributed by atoms with Gasteiger partial charge in [0.2, 0.25) is 0 Å². The lowest BCUT2D eigenvalue weighted by Crippen LogP contribution is -2.61. The molecule has 3 rings (SSSR count). The molecule has 2 unspecified atom stereocenters. The van der Waals surface area contributed by atoms with Gasteiger partial charge in [-0.05, 0) is 30.7 Å². The number of hydrogen-bond donors (Lipinski definition) is 1. The molecule has 1 aliphatic carbocycles. The van der Waals surface area contributed by atoms with Crippen LogP contribution in [0.4, 0.5) is 4.39 Å². The van der Waals surface area contributed by atoms with Crippen molar-refractivity contribution in [3.05, 3.63) is 0 Å². The average Bonchev–Trinajstić information content (AvgIpc) is 2.45. The highest BCUT2D eigenvalue weighted by atomic mass is 19.1. The number of ether oxygens (including phenoxy) is 2. The molecule has 0 amide bonds. The minimum absolute atomic E-state index is 0.0724. The van der Waals surface area contributed by atoms with Gasteiger partial charge in [-0.3, -0.25) is 4.79 Å². The normalized spacial score (nSPS) is 45.3. The van der Waals surface area contributed by atoms with E-state index in [2.05, 4.69) is 19.2 Å². The molecule has 4 nitrogen and oxygen atoms in total. The zero-order chi connectivity index (χ0) is 15.3. The van der Waals surface area contributed by atoms with Crippen LogP contribution in [0.3, 0.4) is 0 Å². The molecule has 120 valence electrons. The minimum Gasteiger partial charge on any atom is -0.469 e. The molecule has 3 fully saturated rings. The second kappa shape index (κ2) is 4.92. The number of methoxy groups -OCH3 is 1. The number of alkyl halides is 1. The van der Waals surface area contributed by atoms with Crippen LogP contribution in [-0.2, 0) is 14.3 Å². The topological polar surface area (TPSA) is 47.6 Å².